The first-order chi connectivity index (χ1) is 17.7. The van der Waals surface area contributed by atoms with Crippen LogP contribution in [-0.2, 0) is 4.79 Å². The van der Waals surface area contributed by atoms with Gasteiger partial charge in [0.25, 0.3) is 5.91 Å². The fourth-order valence-corrected chi connectivity index (χ4v) is 5.68. The van der Waals surface area contributed by atoms with Crippen molar-refractivity contribution in [1.29, 1.82) is 0 Å². The Hall–Kier alpha value is -3.83. The summed E-state index contributed by atoms with van der Waals surface area (Å²) in [7, 11) is 1.39. The van der Waals surface area contributed by atoms with E-state index in [1.807, 2.05) is 13.0 Å². The molecule has 2 aromatic carbocycles. The lowest BCUT2D eigenvalue weighted by Crippen LogP contribution is -2.31. The number of hydrogen-bond donors (Lipinski definition) is 2. The number of aromatic hydroxyl groups is 1. The van der Waals surface area contributed by atoms with Crippen LogP contribution in [0.5, 0.6) is 17.2 Å². The highest BCUT2D eigenvalue weighted by Gasteiger charge is 2.47. The van der Waals surface area contributed by atoms with Crippen molar-refractivity contribution in [2.45, 2.75) is 19.9 Å². The van der Waals surface area contributed by atoms with Gasteiger partial charge in [0.15, 0.2) is 28.1 Å². The minimum atomic E-state index is -1.08. The maximum absolute atomic E-state index is 13.6. The maximum Gasteiger partial charge on any atom is 0.296 e. The average molecular weight is 585 g/mol. The van der Waals surface area contributed by atoms with E-state index in [-0.39, 0.29) is 32.4 Å². The van der Waals surface area contributed by atoms with Crippen LogP contribution in [0.4, 0.5) is 5.13 Å². The minimum Gasteiger partial charge on any atom is -0.503 e. The van der Waals surface area contributed by atoms with Crippen molar-refractivity contribution in [1.82, 2.24) is 4.98 Å². The molecule has 11 heteroatoms. The third-order valence-corrected chi connectivity index (χ3v) is 7.49. The third kappa shape index (κ3) is 4.23. The van der Waals surface area contributed by atoms with Crippen molar-refractivity contribution < 1.29 is 33.7 Å². The summed E-state index contributed by atoms with van der Waals surface area (Å²) in [4.78, 5) is 32.9. The monoisotopic (exact) mass is 584 g/mol. The van der Waals surface area contributed by atoms with Crippen LogP contribution in [0.25, 0.3) is 10.2 Å². The SMILES string of the molecule is CCOc1ccc2nc(N3C(=O)C(O)=C(C(=O)c4ccc(C)o4)C3c3cc(Br)c(O)c(OC)c3)sc2c1. The normalized spacial score (nSPS) is 15.6. The van der Waals surface area contributed by atoms with Gasteiger partial charge in [-0.05, 0) is 77.8 Å². The summed E-state index contributed by atoms with van der Waals surface area (Å²) in [5.41, 5.74) is 0.855. The second kappa shape index (κ2) is 9.56. The fraction of sp³-hybridized carbons (Fsp3) is 0.192. The van der Waals surface area contributed by atoms with Gasteiger partial charge in [0, 0.05) is 0 Å². The zero-order valence-electron chi connectivity index (χ0n) is 19.9. The van der Waals surface area contributed by atoms with Gasteiger partial charge >= 0.3 is 0 Å². The molecule has 1 aliphatic rings. The van der Waals surface area contributed by atoms with Crippen LogP contribution in [0.3, 0.4) is 0 Å². The number of phenols is 1. The number of aliphatic hydroxyl groups is 1. The number of carbonyl (C=O) groups is 2. The molecule has 0 radical (unpaired) electrons. The van der Waals surface area contributed by atoms with Crippen LogP contribution in [-0.4, -0.2) is 40.6 Å². The molecule has 0 spiro atoms. The number of thiazole rings is 1. The summed E-state index contributed by atoms with van der Waals surface area (Å²) in [5, 5.41) is 21.6. The predicted octanol–water partition coefficient (Wildman–Crippen LogP) is 5.86. The van der Waals surface area contributed by atoms with Crippen molar-refractivity contribution in [3.63, 3.8) is 0 Å². The van der Waals surface area contributed by atoms with Crippen molar-refractivity contribution in [2.75, 3.05) is 18.6 Å². The first-order valence-corrected chi connectivity index (χ1v) is 12.8. The van der Waals surface area contributed by atoms with E-state index in [1.165, 1.54) is 35.5 Å². The Morgan fingerprint density at radius 2 is 2.00 bits per heavy atom. The van der Waals surface area contributed by atoms with Gasteiger partial charge in [0.05, 0.1) is 40.0 Å². The number of Topliss-reactive ketones (excluding diaryl/α,β-unsaturated/α-hetero) is 1. The summed E-state index contributed by atoms with van der Waals surface area (Å²) < 4.78 is 17.4. The molecule has 4 aromatic rings. The Morgan fingerprint density at radius 3 is 2.68 bits per heavy atom. The number of phenolic OH excluding ortho intramolecular Hbond substituents is 1. The van der Waals surface area contributed by atoms with E-state index in [4.69, 9.17) is 13.9 Å². The molecule has 3 heterocycles. The lowest BCUT2D eigenvalue weighted by atomic mass is 9.95. The Bertz CT molecular complexity index is 1590. The van der Waals surface area contributed by atoms with Gasteiger partial charge in [0.1, 0.15) is 11.5 Å². The highest BCUT2D eigenvalue weighted by atomic mass is 79.9. The van der Waals surface area contributed by atoms with Crippen molar-refractivity contribution in [3.05, 3.63) is 75.4 Å². The minimum absolute atomic E-state index is 0.0193. The number of carbonyl (C=O) groups excluding carboxylic acids is 2. The van der Waals surface area contributed by atoms with E-state index in [9.17, 15) is 19.8 Å². The van der Waals surface area contributed by atoms with Crippen LogP contribution in [0.15, 0.2) is 62.7 Å². The van der Waals surface area contributed by atoms with Crippen LogP contribution in [0, 0.1) is 6.92 Å². The lowest BCUT2D eigenvalue weighted by molar-refractivity contribution is -0.117. The number of halogens is 1. The smallest absolute Gasteiger partial charge is 0.296 e. The number of aromatic nitrogens is 1. The van der Waals surface area contributed by atoms with E-state index in [0.717, 1.165) is 4.70 Å². The molecular weight excluding hydrogens is 564 g/mol. The summed E-state index contributed by atoms with van der Waals surface area (Å²) in [6.07, 6.45) is 0. The van der Waals surface area contributed by atoms with Gasteiger partial charge in [0.2, 0.25) is 5.78 Å². The first kappa shape index (κ1) is 24.8. The molecule has 9 nitrogen and oxygen atoms in total. The molecule has 1 aliphatic heterocycles. The zero-order chi connectivity index (χ0) is 26.4. The van der Waals surface area contributed by atoms with Gasteiger partial charge in [-0.2, -0.15) is 0 Å². The van der Waals surface area contributed by atoms with Crippen LogP contribution >= 0.6 is 27.3 Å². The van der Waals surface area contributed by atoms with E-state index >= 15 is 0 Å². The van der Waals surface area contributed by atoms with E-state index in [2.05, 4.69) is 20.9 Å². The average Bonchev–Trinajstić information content (AvgIpc) is 3.56. The summed E-state index contributed by atoms with van der Waals surface area (Å²) in [6, 6.07) is 10.5. The number of benzene rings is 2. The van der Waals surface area contributed by atoms with E-state index in [0.29, 0.717) is 29.2 Å². The Kier molecular flexibility index (Phi) is 6.42. The molecule has 1 unspecified atom stereocenters. The van der Waals surface area contributed by atoms with Gasteiger partial charge < -0.3 is 24.1 Å². The van der Waals surface area contributed by atoms with Gasteiger partial charge in [-0.1, -0.05) is 11.3 Å². The number of methoxy groups -OCH3 is 1. The van der Waals surface area contributed by atoms with Crippen molar-refractivity contribution in [2.24, 2.45) is 0 Å². The molecule has 2 N–H and O–H groups in total. The predicted molar refractivity (Wildman–Crippen MR) is 141 cm³/mol. The second-order valence-corrected chi connectivity index (χ2v) is 10.1. The van der Waals surface area contributed by atoms with Crippen LogP contribution in [0.2, 0.25) is 0 Å². The summed E-state index contributed by atoms with van der Waals surface area (Å²) in [5.74, 6) is -1.02. The molecule has 190 valence electrons. The van der Waals surface area contributed by atoms with Crippen LogP contribution < -0.4 is 14.4 Å². The number of ether oxygens (including phenoxy) is 2. The number of aliphatic hydroxyl groups excluding tert-OH is 1. The molecule has 0 saturated carbocycles. The maximum atomic E-state index is 13.6. The molecule has 0 bridgehead atoms. The number of hydrogen-bond acceptors (Lipinski definition) is 9. The summed E-state index contributed by atoms with van der Waals surface area (Å²) in [6.45, 7) is 4.07. The number of fused-ring (bicyclic) bond motifs is 1. The van der Waals surface area contributed by atoms with Gasteiger partial charge in [-0.15, -0.1) is 0 Å². The Balaban J connectivity index is 1.69. The highest BCUT2D eigenvalue weighted by molar-refractivity contribution is 9.10. The molecule has 1 atom stereocenters. The molecule has 2 aromatic heterocycles. The Morgan fingerprint density at radius 1 is 1.22 bits per heavy atom. The van der Waals surface area contributed by atoms with Crippen molar-refractivity contribution in [3.8, 4) is 17.2 Å². The zero-order valence-corrected chi connectivity index (χ0v) is 22.3. The molecular formula is C26H21BrN2O7S. The van der Waals surface area contributed by atoms with Gasteiger partial charge in [-0.3, -0.25) is 14.5 Å². The topological polar surface area (TPSA) is 122 Å². The lowest BCUT2D eigenvalue weighted by Gasteiger charge is -2.25. The molecule has 0 aliphatic carbocycles. The molecule has 1 amide bonds. The standard InChI is InChI=1S/C26H21BrN2O7S/c1-4-35-14-6-7-16-19(11-14)37-26(28-16)29-21(13-9-15(27)22(30)18(10-13)34-3)20(24(32)25(29)33)23(31)17-8-5-12(2)36-17/h5-11,21,30,32H,4H2,1-3H3. The quantitative estimate of drug-likeness (QED) is 0.259. The number of anilines is 1. The van der Waals surface area contributed by atoms with Crippen LogP contribution in [0.1, 0.15) is 34.8 Å². The highest BCUT2D eigenvalue weighted by Crippen LogP contribution is 2.47. The first-order valence-electron chi connectivity index (χ1n) is 11.2. The molecule has 5 rings (SSSR count). The number of ketones is 1. The fourth-order valence-electron chi connectivity index (χ4n) is 4.20. The van der Waals surface area contributed by atoms with Gasteiger partial charge in [-0.25, -0.2) is 4.98 Å². The van der Waals surface area contributed by atoms with E-state index < -0.39 is 23.5 Å². The number of nitrogens with zero attached hydrogens (tertiary/aromatic N) is 2. The largest absolute Gasteiger partial charge is 0.503 e. The third-order valence-electron chi connectivity index (χ3n) is 5.87. The summed E-state index contributed by atoms with van der Waals surface area (Å²) >= 11 is 4.52. The van der Waals surface area contributed by atoms with Crippen molar-refractivity contribution >= 4 is 54.3 Å². The molecule has 37 heavy (non-hydrogen) atoms. The number of furan rings is 1. The Labute approximate surface area is 223 Å². The number of aryl methyl sites for hydroxylation is 1. The molecule has 0 saturated heterocycles. The number of rotatable bonds is 7. The molecule has 0 fully saturated rings. The number of amides is 1. The second-order valence-electron chi connectivity index (χ2n) is 8.19. The van der Waals surface area contributed by atoms with E-state index in [1.54, 1.807) is 31.2 Å².